The fourth-order valence-electron chi connectivity index (χ4n) is 3.14. The van der Waals surface area contributed by atoms with E-state index in [1.54, 1.807) is 30.3 Å². The Kier molecular flexibility index (Phi) is 4.85. The van der Waals surface area contributed by atoms with Crippen LogP contribution in [0.15, 0.2) is 83.0 Å². The topological polar surface area (TPSA) is 91.9 Å². The van der Waals surface area contributed by atoms with Gasteiger partial charge in [0.05, 0.1) is 16.0 Å². The summed E-state index contributed by atoms with van der Waals surface area (Å²) in [4.78, 5) is 26.4. The lowest BCUT2D eigenvalue weighted by Gasteiger charge is -2.08. The van der Waals surface area contributed by atoms with Gasteiger partial charge in [-0.15, -0.1) is 16.4 Å². The Bertz CT molecular complexity index is 1420. The Balaban J connectivity index is 1.46. The molecule has 0 spiro atoms. The van der Waals surface area contributed by atoms with Crippen LogP contribution < -0.4 is 5.56 Å². The maximum atomic E-state index is 12.9. The molecule has 0 saturated carbocycles. The predicted octanol–water partition coefficient (Wildman–Crippen LogP) is 3.52. The van der Waals surface area contributed by atoms with Crippen LogP contribution in [0.5, 0.6) is 0 Å². The lowest BCUT2D eigenvalue weighted by Crippen LogP contribution is -2.27. The molecule has 0 amide bonds. The minimum absolute atomic E-state index is 0.247. The average molecular weight is 429 g/mol. The standard InChI is InChI=1S/C22H15N5O3S/c28-21-16-9-4-5-10-17(16)23-25-26(21)14-30-22(29)19-13-18(20-11-6-12-31-20)24-27(19)15-7-2-1-3-8-15/h1-13H,14H2. The van der Waals surface area contributed by atoms with Crippen molar-refractivity contribution in [1.82, 2.24) is 24.8 Å². The van der Waals surface area contributed by atoms with Crippen molar-refractivity contribution in [2.75, 3.05) is 0 Å². The first-order valence-corrected chi connectivity index (χ1v) is 10.3. The molecule has 152 valence electrons. The summed E-state index contributed by atoms with van der Waals surface area (Å²) in [7, 11) is 0. The third kappa shape index (κ3) is 3.62. The SMILES string of the molecule is O=C(OCn1nnc2ccccc2c1=O)c1cc(-c2cccs2)nn1-c1ccccc1. The van der Waals surface area contributed by atoms with Gasteiger partial charge in [-0.3, -0.25) is 4.79 Å². The van der Waals surface area contributed by atoms with Crippen LogP contribution in [0.25, 0.3) is 27.2 Å². The molecule has 3 aromatic heterocycles. The van der Waals surface area contributed by atoms with E-state index in [1.165, 1.54) is 16.0 Å². The normalized spacial score (nSPS) is 11.0. The smallest absolute Gasteiger partial charge is 0.358 e. The molecule has 0 unspecified atom stereocenters. The fraction of sp³-hybridized carbons (Fsp3) is 0.0455. The van der Waals surface area contributed by atoms with Crippen LogP contribution >= 0.6 is 11.3 Å². The number of fused-ring (bicyclic) bond motifs is 1. The van der Waals surface area contributed by atoms with Crippen LogP contribution in [-0.4, -0.2) is 30.7 Å². The molecular formula is C22H15N5O3S. The first-order chi connectivity index (χ1) is 15.2. The van der Waals surface area contributed by atoms with Crippen LogP contribution in [0.2, 0.25) is 0 Å². The van der Waals surface area contributed by atoms with E-state index in [1.807, 2.05) is 47.8 Å². The number of hydrogen-bond donors (Lipinski definition) is 0. The molecule has 0 bridgehead atoms. The number of hydrogen-bond acceptors (Lipinski definition) is 7. The summed E-state index contributed by atoms with van der Waals surface area (Å²) in [5, 5.41) is 14.8. The number of esters is 1. The first-order valence-electron chi connectivity index (χ1n) is 9.40. The number of thiophene rings is 1. The van der Waals surface area contributed by atoms with Gasteiger partial charge in [0.15, 0.2) is 12.4 Å². The summed E-state index contributed by atoms with van der Waals surface area (Å²) in [5.74, 6) is -0.624. The van der Waals surface area contributed by atoms with Crippen molar-refractivity contribution in [1.29, 1.82) is 0 Å². The summed E-state index contributed by atoms with van der Waals surface area (Å²) in [6.07, 6.45) is 0. The summed E-state index contributed by atoms with van der Waals surface area (Å²) in [5.41, 5.74) is 1.73. The van der Waals surface area contributed by atoms with Crippen molar-refractivity contribution in [3.8, 4) is 16.3 Å². The lowest BCUT2D eigenvalue weighted by molar-refractivity contribution is 0.0325. The monoisotopic (exact) mass is 429 g/mol. The van der Waals surface area contributed by atoms with E-state index in [9.17, 15) is 9.59 Å². The quantitative estimate of drug-likeness (QED) is 0.397. The third-order valence-electron chi connectivity index (χ3n) is 4.64. The Labute approximate surface area is 180 Å². The summed E-state index contributed by atoms with van der Waals surface area (Å²) < 4.78 is 7.95. The molecule has 0 radical (unpaired) electrons. The second-order valence-corrected chi connectivity index (χ2v) is 7.56. The molecule has 0 aliphatic carbocycles. The van der Waals surface area contributed by atoms with E-state index >= 15 is 0 Å². The van der Waals surface area contributed by atoms with Crippen molar-refractivity contribution in [2.24, 2.45) is 0 Å². The van der Waals surface area contributed by atoms with Gasteiger partial charge in [0.1, 0.15) is 11.2 Å². The Morgan fingerprint density at radius 2 is 1.81 bits per heavy atom. The molecule has 5 aromatic rings. The van der Waals surface area contributed by atoms with Crippen LogP contribution in [-0.2, 0) is 11.5 Å². The van der Waals surface area contributed by atoms with E-state index in [-0.39, 0.29) is 18.0 Å². The molecule has 0 saturated heterocycles. The van der Waals surface area contributed by atoms with Gasteiger partial charge < -0.3 is 4.74 Å². The molecule has 8 nitrogen and oxygen atoms in total. The highest BCUT2D eigenvalue weighted by molar-refractivity contribution is 7.13. The van der Waals surface area contributed by atoms with Crippen LogP contribution in [0.4, 0.5) is 0 Å². The van der Waals surface area contributed by atoms with Crippen LogP contribution in [0.1, 0.15) is 10.5 Å². The van der Waals surface area contributed by atoms with Gasteiger partial charge in [0.2, 0.25) is 0 Å². The van der Waals surface area contributed by atoms with Crippen molar-refractivity contribution < 1.29 is 9.53 Å². The first kappa shape index (κ1) is 18.9. The predicted molar refractivity (Wildman–Crippen MR) is 116 cm³/mol. The molecule has 0 aliphatic rings. The summed E-state index contributed by atoms with van der Waals surface area (Å²) in [6.45, 7) is -0.357. The largest absolute Gasteiger partial charge is 0.437 e. The molecule has 0 atom stereocenters. The number of rotatable bonds is 5. The zero-order valence-electron chi connectivity index (χ0n) is 16.1. The molecular weight excluding hydrogens is 414 g/mol. The van der Waals surface area contributed by atoms with Crippen molar-refractivity contribution in [2.45, 2.75) is 6.73 Å². The van der Waals surface area contributed by atoms with Crippen molar-refractivity contribution in [3.63, 3.8) is 0 Å². The fourth-order valence-corrected chi connectivity index (χ4v) is 3.82. The minimum atomic E-state index is -0.624. The van der Waals surface area contributed by atoms with Crippen LogP contribution in [0.3, 0.4) is 0 Å². The molecule has 2 aromatic carbocycles. The Hall–Kier alpha value is -4.11. The highest BCUT2D eigenvalue weighted by Gasteiger charge is 2.20. The van der Waals surface area contributed by atoms with E-state index in [0.717, 1.165) is 15.2 Å². The highest BCUT2D eigenvalue weighted by Crippen LogP contribution is 2.26. The number of aromatic nitrogens is 5. The van der Waals surface area contributed by atoms with Gasteiger partial charge in [0.25, 0.3) is 5.56 Å². The van der Waals surface area contributed by atoms with E-state index in [2.05, 4.69) is 15.4 Å². The zero-order chi connectivity index (χ0) is 21.2. The number of carbonyl (C=O) groups excluding carboxylic acids is 1. The van der Waals surface area contributed by atoms with Crippen molar-refractivity contribution in [3.05, 3.63) is 94.2 Å². The number of ether oxygens (including phenoxy) is 1. The van der Waals surface area contributed by atoms with Crippen LogP contribution in [0, 0.1) is 0 Å². The second-order valence-electron chi connectivity index (χ2n) is 6.61. The minimum Gasteiger partial charge on any atom is -0.437 e. The zero-order valence-corrected chi connectivity index (χ0v) is 16.9. The van der Waals surface area contributed by atoms with Gasteiger partial charge in [-0.2, -0.15) is 9.78 Å². The maximum absolute atomic E-state index is 12.9. The van der Waals surface area contributed by atoms with Gasteiger partial charge in [-0.05, 0) is 35.7 Å². The lowest BCUT2D eigenvalue weighted by atomic mass is 10.2. The van der Waals surface area contributed by atoms with E-state index < -0.39 is 5.97 Å². The molecule has 3 heterocycles. The number of carbonyl (C=O) groups is 1. The van der Waals surface area contributed by atoms with Crippen molar-refractivity contribution >= 4 is 28.2 Å². The summed E-state index contributed by atoms with van der Waals surface area (Å²) >= 11 is 1.53. The molecule has 0 aliphatic heterocycles. The molecule has 0 N–H and O–H groups in total. The van der Waals surface area contributed by atoms with E-state index in [4.69, 9.17) is 4.74 Å². The second kappa shape index (κ2) is 7.96. The number of para-hydroxylation sites is 1. The molecule has 31 heavy (non-hydrogen) atoms. The average Bonchev–Trinajstić information content (AvgIpc) is 3.49. The number of benzene rings is 2. The summed E-state index contributed by atoms with van der Waals surface area (Å²) in [6, 6.07) is 21.7. The van der Waals surface area contributed by atoms with Gasteiger partial charge in [0, 0.05) is 6.07 Å². The third-order valence-corrected chi connectivity index (χ3v) is 5.53. The Morgan fingerprint density at radius 3 is 2.61 bits per heavy atom. The Morgan fingerprint density at radius 1 is 1.00 bits per heavy atom. The maximum Gasteiger partial charge on any atom is 0.358 e. The van der Waals surface area contributed by atoms with Gasteiger partial charge in [-0.25, -0.2) is 9.48 Å². The van der Waals surface area contributed by atoms with Gasteiger partial charge >= 0.3 is 5.97 Å². The molecule has 0 fully saturated rings. The number of nitrogens with zero attached hydrogens (tertiary/aromatic N) is 5. The highest BCUT2D eigenvalue weighted by atomic mass is 32.1. The van der Waals surface area contributed by atoms with Gasteiger partial charge in [-0.1, -0.05) is 41.6 Å². The van der Waals surface area contributed by atoms with E-state index in [0.29, 0.717) is 16.6 Å². The molecule has 5 rings (SSSR count). The molecule has 9 heteroatoms.